The fourth-order valence-corrected chi connectivity index (χ4v) is 18.3. The van der Waals surface area contributed by atoms with Gasteiger partial charge in [-0.15, -0.1) is 0 Å². The summed E-state index contributed by atoms with van der Waals surface area (Å²) in [6, 6.07) is 162. The van der Waals surface area contributed by atoms with Crippen molar-refractivity contribution in [2.75, 3.05) is 0 Å². The summed E-state index contributed by atoms with van der Waals surface area (Å²) in [5, 5.41) is 28.9. The van der Waals surface area contributed by atoms with E-state index in [4.69, 9.17) is 15.0 Å². The van der Waals surface area contributed by atoms with Gasteiger partial charge in [-0.1, -0.05) is 346 Å². The van der Waals surface area contributed by atoms with Crippen LogP contribution in [0.2, 0.25) is 0 Å². The summed E-state index contributed by atoms with van der Waals surface area (Å²) in [5.41, 5.74) is 16.1. The summed E-state index contributed by atoms with van der Waals surface area (Å²) in [7, 11) is 0. The van der Waals surface area contributed by atoms with E-state index in [-0.39, 0.29) is 0 Å². The number of hydrogen-bond acceptors (Lipinski definition) is 3. The van der Waals surface area contributed by atoms with E-state index in [9.17, 15) is 0 Å². The molecule has 558 valence electrons. The van der Waals surface area contributed by atoms with Crippen LogP contribution in [0, 0.1) is 0 Å². The van der Waals surface area contributed by atoms with Crippen LogP contribution in [0.4, 0.5) is 0 Å². The molecular weight excluding hydrogens is 1450 g/mol. The van der Waals surface area contributed by atoms with Crippen LogP contribution < -0.4 is 0 Å². The molecule has 0 unspecified atom stereocenters. The van der Waals surface area contributed by atoms with E-state index in [1.54, 1.807) is 0 Å². The molecule has 19 aromatic heterocycles. The van der Waals surface area contributed by atoms with E-state index in [1.165, 1.54) is 0 Å². The smallest absolute Gasteiger partial charge is 0.0702 e. The lowest BCUT2D eigenvalue weighted by Gasteiger charge is -2.12. The van der Waals surface area contributed by atoms with Gasteiger partial charge in [0.15, 0.2) is 0 Å². The highest BCUT2D eigenvalue weighted by Gasteiger charge is 2.16. The quantitative estimate of drug-likeness (QED) is 0.167. The summed E-state index contributed by atoms with van der Waals surface area (Å²) in [6.07, 6.45) is 6.18. The maximum Gasteiger partial charge on any atom is 0.0702 e. The van der Waals surface area contributed by atoms with Gasteiger partial charge in [0.05, 0.1) is 16.6 Å². The van der Waals surface area contributed by atoms with E-state index in [2.05, 4.69) is 455 Å². The van der Waals surface area contributed by atoms with Crippen LogP contribution in [0.5, 0.6) is 0 Å². The van der Waals surface area contributed by atoms with Crippen LogP contribution >= 0.6 is 0 Å². The molecule has 0 N–H and O–H groups in total. The molecule has 0 saturated carbocycles. The fourth-order valence-electron chi connectivity index (χ4n) is 18.3. The topological polar surface area (TPSA) is 38.7 Å². The third-order valence-corrected chi connectivity index (χ3v) is 24.2. The van der Waals surface area contributed by atoms with E-state index in [0.717, 1.165) is 229 Å². The van der Waals surface area contributed by atoms with Crippen LogP contribution in [0.1, 0.15) is 0 Å². The van der Waals surface area contributed by atoms with Gasteiger partial charge in [0.25, 0.3) is 0 Å². The van der Waals surface area contributed by atoms with Gasteiger partial charge in [-0.3, -0.25) is 15.0 Å². The van der Waals surface area contributed by atoms with E-state index >= 15 is 0 Å². The zero-order chi connectivity index (χ0) is 79.4. The monoisotopic (exact) mass is 1520 g/mol. The lowest BCUT2D eigenvalue weighted by Crippen LogP contribution is -1.86. The molecule has 0 radical (unpaired) electrons. The molecule has 0 spiro atoms. The molecule has 19 heterocycles. The normalized spacial score (nSPS) is 11.5. The number of benzene rings is 17. The van der Waals surface area contributed by atoms with Crippen molar-refractivity contribution in [1.82, 2.24) is 15.0 Å². The summed E-state index contributed by atoms with van der Waals surface area (Å²) in [6.45, 7) is 0. The van der Waals surface area contributed by atoms with E-state index < -0.39 is 0 Å². The second-order valence-corrected chi connectivity index (χ2v) is 31.3. The molecule has 3 heteroatoms. The molecular formula is C117H75N3. The zero-order valence-corrected chi connectivity index (χ0v) is 65.6. The Morgan fingerprint density at radius 3 is 0.550 bits per heavy atom. The van der Waals surface area contributed by atoms with Crippen molar-refractivity contribution in [3.05, 3.63) is 455 Å². The first-order valence-electron chi connectivity index (χ1n) is 41.1. The average molecular weight is 1520 g/mol. The van der Waals surface area contributed by atoms with Gasteiger partial charge >= 0.3 is 0 Å². The Hall–Kier alpha value is -15.8. The van der Waals surface area contributed by atoms with Crippen molar-refractivity contribution in [1.29, 1.82) is 0 Å². The molecule has 3 nitrogen and oxygen atoms in total. The van der Waals surface area contributed by atoms with Crippen LogP contribution in [0.3, 0.4) is 0 Å². The maximum absolute atomic E-state index is 5.46. The lowest BCUT2D eigenvalue weighted by molar-refractivity contribution is 1.44. The maximum atomic E-state index is 5.46. The summed E-state index contributed by atoms with van der Waals surface area (Å²) >= 11 is 0. The minimum atomic E-state index is 0.872. The van der Waals surface area contributed by atoms with Gasteiger partial charge in [-0.05, 0) is 271 Å². The second kappa shape index (κ2) is 30.4. The minimum absolute atomic E-state index is 0.872. The SMILES string of the molecule is c1ccc(-c2cccc(-c3cc4ccc3c3ccccc3c3cc5cc(c3)c3ccccc3c3ccc(cc3-c3cccc(-c6ccccc6)c3)c3ccc(cn3)c3ccccc3c3cc(cc(c3)c3ccccc3c3ccc(nc3)c3ccc(c(-c6cccc(-c7ccccc7)c6)c3)c3ccccc53)c3ccccc3c3ccc4nc3)c2)cc1. The van der Waals surface area contributed by atoms with Gasteiger partial charge in [-0.25, -0.2) is 0 Å². The lowest BCUT2D eigenvalue weighted by atomic mass is 9.92. The molecule has 28 aromatic carbocycles. The third kappa shape index (κ3) is 13.2. The third-order valence-electron chi connectivity index (χ3n) is 24.2. The van der Waals surface area contributed by atoms with Crippen LogP contribution in [-0.4, -0.2) is 15.0 Å². The highest BCUT2D eigenvalue weighted by Crippen LogP contribution is 2.43. The Bertz CT molecular complexity index is 7470. The van der Waals surface area contributed by atoms with Crippen molar-refractivity contribution in [3.8, 4) is 66.8 Å². The van der Waals surface area contributed by atoms with Gasteiger partial charge in [0.2, 0.25) is 0 Å². The predicted molar refractivity (Wildman–Crippen MR) is 514 cm³/mol. The fraction of sp³-hybridized carbons (Fsp3) is 0. The molecule has 0 fully saturated rings. The highest BCUT2D eigenvalue weighted by atomic mass is 14.7. The molecule has 47 aromatic rings. The largest absolute Gasteiger partial charge is 0.256 e. The predicted octanol–water partition coefficient (Wildman–Crippen LogP) is 32.2. The Balaban J connectivity index is 0.967. The van der Waals surface area contributed by atoms with Gasteiger partial charge in [-0.2, -0.15) is 0 Å². The molecule has 0 saturated heterocycles. The highest BCUT2D eigenvalue weighted by molar-refractivity contribution is 6.21. The Morgan fingerprint density at radius 2 is 0.308 bits per heavy atom. The van der Waals surface area contributed by atoms with Crippen molar-refractivity contribution in [2.24, 2.45) is 0 Å². The number of nitrogens with zero attached hydrogens (tertiary/aromatic N) is 3. The van der Waals surface area contributed by atoms with Crippen molar-refractivity contribution < 1.29 is 0 Å². The number of pyridine rings is 3. The first kappa shape index (κ1) is 70.8. The van der Waals surface area contributed by atoms with Crippen LogP contribution in [0.15, 0.2) is 455 Å². The second-order valence-electron chi connectivity index (χ2n) is 31.3. The molecule has 18 bridgehead atoms. The first-order chi connectivity index (χ1) is 59.4. The molecule has 120 heavy (non-hydrogen) atoms. The van der Waals surface area contributed by atoms with E-state index in [0.29, 0.717) is 0 Å². The molecule has 0 aliphatic carbocycles. The zero-order valence-electron chi connectivity index (χ0n) is 65.6. The van der Waals surface area contributed by atoms with Crippen molar-refractivity contribution in [2.45, 2.75) is 0 Å². The minimum Gasteiger partial charge on any atom is -0.256 e. The average Bonchev–Trinajstić information content (AvgIpc) is 0.758. The van der Waals surface area contributed by atoms with Gasteiger partial charge in [0, 0.05) is 50.9 Å². The summed E-state index contributed by atoms with van der Waals surface area (Å²) in [5.74, 6) is 0. The van der Waals surface area contributed by atoms with Crippen LogP contribution in [0.25, 0.3) is 229 Å². The molecule has 47 rings (SSSR count). The molecule has 0 aliphatic heterocycles. The van der Waals surface area contributed by atoms with E-state index in [1.807, 2.05) is 0 Å². The standard InChI is InChI=1S/C117H75N3/c1-4-25-76(26-5-1)79-31-22-34-82(61-79)112-70-85-49-55-109(112)106-46-19-16-43-103(106)94-67-95-69-96(68-94)105-45-18-21-48-108(105)111-57-51-87(72-114(111)84-36-24-33-81(63-84)78-29-8-3-9-30-78)117-60-54-90(75-120-117)99-39-12-15-42-102(99)93-65-91(100-40-13-10-37-97(100)88-52-58-115(85)118-73-88)64-92(66-93)101-41-14-11-38-98(101)89-53-59-116(119-74-89)86-50-56-110(107-47-20-17-44-104(95)107)113(71-86)83-35-23-32-80(62-83)77-27-6-2-7-28-77/h1-75H. The molecule has 0 amide bonds. The van der Waals surface area contributed by atoms with Gasteiger partial charge in [0.1, 0.15) is 0 Å². The first-order valence-corrected chi connectivity index (χ1v) is 41.1. The van der Waals surface area contributed by atoms with Crippen LogP contribution in [-0.2, 0) is 0 Å². The van der Waals surface area contributed by atoms with Crippen molar-refractivity contribution >= 4 is 162 Å². The summed E-state index contributed by atoms with van der Waals surface area (Å²) in [4.78, 5) is 16.4. The Kier molecular flexibility index (Phi) is 17.9. The molecule has 0 atom stereocenters. The Labute approximate surface area is 694 Å². The number of aromatic nitrogens is 3. The number of hydrogen-bond donors (Lipinski definition) is 0. The number of rotatable bonds is 6. The molecule has 0 aliphatic rings. The summed E-state index contributed by atoms with van der Waals surface area (Å²) < 4.78 is 0. The Morgan fingerprint density at radius 1 is 0.108 bits per heavy atom. The van der Waals surface area contributed by atoms with Crippen molar-refractivity contribution in [3.63, 3.8) is 0 Å². The van der Waals surface area contributed by atoms with Gasteiger partial charge < -0.3 is 0 Å².